The Morgan fingerprint density at radius 2 is 1.81 bits per heavy atom. The van der Waals surface area contributed by atoms with Crippen molar-refractivity contribution in [2.45, 2.75) is 17.3 Å². The quantitative estimate of drug-likeness (QED) is 0.394. The molecule has 2 amide bonds. The normalized spacial score (nSPS) is 11.9. The molecule has 160 valence electrons. The van der Waals surface area contributed by atoms with E-state index in [1.165, 1.54) is 35.2 Å². The summed E-state index contributed by atoms with van der Waals surface area (Å²) in [4.78, 5) is 24.2. The third-order valence-corrected chi connectivity index (χ3v) is 6.16. The van der Waals surface area contributed by atoms with Crippen LogP contribution in [-0.4, -0.2) is 34.6 Å². The number of carbonyl (C=O) groups is 2. The van der Waals surface area contributed by atoms with Crippen LogP contribution in [0, 0.1) is 5.82 Å². The summed E-state index contributed by atoms with van der Waals surface area (Å²) in [7, 11) is 0. The lowest BCUT2D eigenvalue weighted by Crippen LogP contribution is -2.24. The predicted molar refractivity (Wildman–Crippen MR) is 114 cm³/mol. The zero-order valence-corrected chi connectivity index (χ0v) is 17.7. The van der Waals surface area contributed by atoms with Gasteiger partial charge in [-0.05, 0) is 35.4 Å². The maximum atomic E-state index is 12.9. The van der Waals surface area contributed by atoms with Gasteiger partial charge in [-0.2, -0.15) is 0 Å². The standard InChI is InChI=1S/C20H17FN4O4S2/c21-14-4-1-12(2-5-14)8-17(26)23-19-24-25-20(31-19)30-10-18(27)22-9-13-3-6-15-16(7-13)29-11-28-15/h1-7H,8-11H2,(H,22,27)(H,23,24,26). The van der Waals surface area contributed by atoms with Crippen molar-refractivity contribution in [3.8, 4) is 11.5 Å². The lowest BCUT2D eigenvalue weighted by atomic mass is 10.1. The van der Waals surface area contributed by atoms with Crippen LogP contribution in [0.1, 0.15) is 11.1 Å². The first kappa shape index (κ1) is 21.1. The number of nitrogens with one attached hydrogen (secondary N) is 2. The molecule has 2 aromatic carbocycles. The molecule has 0 unspecified atom stereocenters. The molecule has 0 fully saturated rings. The van der Waals surface area contributed by atoms with Crippen LogP contribution in [0.5, 0.6) is 11.5 Å². The van der Waals surface area contributed by atoms with Crippen molar-refractivity contribution in [2.75, 3.05) is 17.9 Å². The summed E-state index contributed by atoms with van der Waals surface area (Å²) >= 11 is 2.42. The second kappa shape index (κ2) is 9.75. The Bertz CT molecular complexity index is 1090. The average molecular weight is 461 g/mol. The summed E-state index contributed by atoms with van der Waals surface area (Å²) in [5, 5.41) is 13.7. The van der Waals surface area contributed by atoms with Crippen LogP contribution in [0.25, 0.3) is 0 Å². The third kappa shape index (κ3) is 5.92. The Balaban J connectivity index is 1.20. The van der Waals surface area contributed by atoms with Crippen molar-refractivity contribution in [3.63, 3.8) is 0 Å². The fourth-order valence-corrected chi connectivity index (χ4v) is 4.30. The van der Waals surface area contributed by atoms with Gasteiger partial charge in [0.25, 0.3) is 0 Å². The molecular weight excluding hydrogens is 443 g/mol. The number of fused-ring (bicyclic) bond motifs is 1. The number of thioether (sulfide) groups is 1. The van der Waals surface area contributed by atoms with Gasteiger partial charge >= 0.3 is 0 Å². The van der Waals surface area contributed by atoms with Gasteiger partial charge in [-0.15, -0.1) is 10.2 Å². The van der Waals surface area contributed by atoms with Crippen LogP contribution in [0.3, 0.4) is 0 Å². The molecule has 3 aromatic rings. The van der Waals surface area contributed by atoms with E-state index >= 15 is 0 Å². The van der Waals surface area contributed by atoms with E-state index in [1.54, 1.807) is 12.1 Å². The van der Waals surface area contributed by atoms with Gasteiger partial charge in [0.05, 0.1) is 12.2 Å². The molecule has 4 rings (SSSR count). The smallest absolute Gasteiger partial charge is 0.231 e. The van der Waals surface area contributed by atoms with Gasteiger partial charge in [-0.1, -0.05) is 41.3 Å². The fraction of sp³-hybridized carbons (Fsp3) is 0.200. The number of aromatic nitrogens is 2. The number of rotatable bonds is 8. The molecule has 0 spiro atoms. The van der Waals surface area contributed by atoms with Gasteiger partial charge in [-0.25, -0.2) is 4.39 Å². The van der Waals surface area contributed by atoms with Crippen molar-refractivity contribution in [1.82, 2.24) is 15.5 Å². The Labute approximate surface area is 185 Å². The number of benzene rings is 2. The summed E-state index contributed by atoms with van der Waals surface area (Å²) in [6.07, 6.45) is 0.102. The van der Waals surface area contributed by atoms with Gasteiger partial charge in [0, 0.05) is 6.54 Å². The summed E-state index contributed by atoms with van der Waals surface area (Å²) < 4.78 is 24.1. The van der Waals surface area contributed by atoms with Crippen LogP contribution in [-0.2, 0) is 22.6 Å². The largest absolute Gasteiger partial charge is 0.454 e. The van der Waals surface area contributed by atoms with Gasteiger partial charge in [-0.3, -0.25) is 9.59 Å². The zero-order chi connectivity index (χ0) is 21.6. The lowest BCUT2D eigenvalue weighted by Gasteiger charge is -2.05. The van der Waals surface area contributed by atoms with E-state index in [4.69, 9.17) is 9.47 Å². The zero-order valence-electron chi connectivity index (χ0n) is 16.1. The van der Waals surface area contributed by atoms with Gasteiger partial charge < -0.3 is 20.1 Å². The monoisotopic (exact) mass is 460 g/mol. The number of hydrogen-bond acceptors (Lipinski definition) is 8. The minimum atomic E-state index is -0.352. The summed E-state index contributed by atoms with van der Waals surface area (Å²) in [5.74, 6) is 0.754. The molecule has 31 heavy (non-hydrogen) atoms. The second-order valence-corrected chi connectivity index (χ2v) is 8.68. The first-order valence-corrected chi connectivity index (χ1v) is 11.0. The maximum absolute atomic E-state index is 12.9. The highest BCUT2D eigenvalue weighted by molar-refractivity contribution is 8.01. The molecule has 1 aromatic heterocycles. The molecule has 8 nitrogen and oxygen atoms in total. The van der Waals surface area contributed by atoms with E-state index in [1.807, 2.05) is 18.2 Å². The fourth-order valence-electron chi connectivity index (χ4n) is 2.70. The molecule has 1 aliphatic rings. The van der Waals surface area contributed by atoms with Gasteiger partial charge in [0.15, 0.2) is 15.8 Å². The van der Waals surface area contributed by atoms with Crippen molar-refractivity contribution < 1.29 is 23.5 Å². The molecule has 11 heteroatoms. The Morgan fingerprint density at radius 3 is 2.65 bits per heavy atom. The first-order valence-electron chi connectivity index (χ1n) is 9.21. The van der Waals surface area contributed by atoms with Crippen LogP contribution in [0.15, 0.2) is 46.8 Å². The Morgan fingerprint density at radius 1 is 1.03 bits per heavy atom. The van der Waals surface area contributed by atoms with E-state index in [0.29, 0.717) is 33.1 Å². The molecule has 0 aliphatic carbocycles. The highest BCUT2D eigenvalue weighted by atomic mass is 32.2. The highest BCUT2D eigenvalue weighted by Gasteiger charge is 2.14. The van der Waals surface area contributed by atoms with E-state index < -0.39 is 0 Å². The maximum Gasteiger partial charge on any atom is 0.231 e. The number of hydrogen-bond donors (Lipinski definition) is 2. The lowest BCUT2D eigenvalue weighted by molar-refractivity contribution is -0.118. The number of halogens is 1. The highest BCUT2D eigenvalue weighted by Crippen LogP contribution is 2.32. The Hall–Kier alpha value is -3.18. The minimum absolute atomic E-state index is 0.102. The number of amides is 2. The first-order chi connectivity index (χ1) is 15.0. The molecule has 2 heterocycles. The van der Waals surface area contributed by atoms with Crippen LogP contribution in [0.2, 0.25) is 0 Å². The molecular formula is C20H17FN4O4S2. The number of anilines is 1. The van der Waals surface area contributed by atoms with E-state index in [9.17, 15) is 14.0 Å². The van der Waals surface area contributed by atoms with Crippen molar-refractivity contribution in [1.29, 1.82) is 0 Å². The number of carbonyl (C=O) groups excluding carboxylic acids is 2. The van der Waals surface area contributed by atoms with Crippen molar-refractivity contribution in [2.24, 2.45) is 0 Å². The molecule has 0 atom stereocenters. The van der Waals surface area contributed by atoms with Gasteiger partial charge in [0.1, 0.15) is 5.82 Å². The van der Waals surface area contributed by atoms with Gasteiger partial charge in [0.2, 0.25) is 23.7 Å². The van der Waals surface area contributed by atoms with E-state index in [2.05, 4.69) is 20.8 Å². The van der Waals surface area contributed by atoms with Crippen molar-refractivity contribution >= 4 is 40.0 Å². The Kier molecular flexibility index (Phi) is 6.63. The van der Waals surface area contributed by atoms with E-state index in [0.717, 1.165) is 5.56 Å². The summed E-state index contributed by atoms with van der Waals surface area (Å²) in [6, 6.07) is 11.2. The number of nitrogens with zero attached hydrogens (tertiary/aromatic N) is 2. The van der Waals surface area contributed by atoms with Crippen LogP contribution >= 0.6 is 23.1 Å². The van der Waals surface area contributed by atoms with E-state index in [-0.39, 0.29) is 36.6 Å². The molecule has 1 aliphatic heterocycles. The van der Waals surface area contributed by atoms with Crippen LogP contribution in [0.4, 0.5) is 9.52 Å². The summed E-state index contributed by atoms with van der Waals surface area (Å²) in [6.45, 7) is 0.579. The molecule has 0 saturated carbocycles. The third-order valence-electron chi connectivity index (χ3n) is 4.18. The summed E-state index contributed by atoms with van der Waals surface area (Å²) in [5.41, 5.74) is 1.60. The topological polar surface area (TPSA) is 102 Å². The van der Waals surface area contributed by atoms with Crippen LogP contribution < -0.4 is 20.1 Å². The molecule has 0 bridgehead atoms. The molecule has 2 N–H and O–H groups in total. The minimum Gasteiger partial charge on any atom is -0.454 e. The molecule has 0 radical (unpaired) electrons. The average Bonchev–Trinajstić information content (AvgIpc) is 3.41. The second-order valence-electron chi connectivity index (χ2n) is 6.48. The van der Waals surface area contributed by atoms with Crippen molar-refractivity contribution in [3.05, 3.63) is 59.4 Å². The number of ether oxygens (including phenoxy) is 2. The SMILES string of the molecule is O=C(CSc1nnc(NC(=O)Cc2ccc(F)cc2)s1)NCc1ccc2c(c1)OCO2. The molecule has 0 saturated heterocycles. The predicted octanol–water partition coefficient (Wildman–Crippen LogP) is 3.00.